The number of hydrogen-bond acceptors (Lipinski definition) is 0. The van der Waals surface area contributed by atoms with Gasteiger partial charge in [-0.1, -0.05) is 109 Å². The molecule has 0 heterocycles. The molecule has 0 aliphatic carbocycles. The van der Waals surface area contributed by atoms with Gasteiger partial charge in [-0.3, -0.25) is 0 Å². The Labute approximate surface area is 156 Å². The van der Waals surface area contributed by atoms with E-state index in [2.05, 4.69) is 116 Å². The molecule has 0 bridgehead atoms. The van der Waals surface area contributed by atoms with E-state index in [1.807, 2.05) is 0 Å². The van der Waals surface area contributed by atoms with Crippen LogP contribution in [0.4, 0.5) is 0 Å². The quantitative estimate of drug-likeness (QED) is 0.430. The van der Waals surface area contributed by atoms with Gasteiger partial charge in [-0.05, 0) is 48.0 Å². The summed E-state index contributed by atoms with van der Waals surface area (Å²) in [6.07, 6.45) is 0. The van der Waals surface area contributed by atoms with Gasteiger partial charge in [0, 0.05) is 0 Å². The molecule has 0 saturated carbocycles. The van der Waals surface area contributed by atoms with Gasteiger partial charge in [-0.2, -0.15) is 0 Å². The number of benzene rings is 4. The molecule has 0 unspecified atom stereocenters. The lowest BCUT2D eigenvalue weighted by Gasteiger charge is -2.20. The standard InChI is InChI=1S/C25H21P/c1-20-15-17-21(18-16-20)22-9-8-14-25(19-22)26(23-10-4-2-5-11-23)24-12-6-3-7-13-24/h2-19H,1H3. The second kappa shape index (κ2) is 7.68. The Bertz CT molecular complexity index is 934. The molecule has 26 heavy (non-hydrogen) atoms. The fourth-order valence-electron chi connectivity index (χ4n) is 3.17. The van der Waals surface area contributed by atoms with Crippen molar-refractivity contribution in [3.8, 4) is 11.1 Å². The van der Waals surface area contributed by atoms with E-state index in [0.717, 1.165) is 0 Å². The van der Waals surface area contributed by atoms with Crippen LogP contribution in [0.25, 0.3) is 11.1 Å². The molecule has 0 saturated heterocycles. The lowest BCUT2D eigenvalue weighted by atomic mass is 10.0. The van der Waals surface area contributed by atoms with Gasteiger partial charge in [0.1, 0.15) is 0 Å². The van der Waals surface area contributed by atoms with Gasteiger partial charge in [-0.15, -0.1) is 0 Å². The zero-order valence-corrected chi connectivity index (χ0v) is 15.7. The zero-order valence-electron chi connectivity index (χ0n) is 14.8. The maximum Gasteiger partial charge on any atom is -0.0134 e. The summed E-state index contributed by atoms with van der Waals surface area (Å²) in [4.78, 5) is 0. The lowest BCUT2D eigenvalue weighted by molar-refractivity contribution is 1.47. The predicted molar refractivity (Wildman–Crippen MR) is 115 cm³/mol. The monoisotopic (exact) mass is 352 g/mol. The van der Waals surface area contributed by atoms with E-state index >= 15 is 0 Å². The van der Waals surface area contributed by atoms with Crippen molar-refractivity contribution >= 4 is 23.8 Å². The fraction of sp³-hybridized carbons (Fsp3) is 0.0400. The van der Waals surface area contributed by atoms with Crippen molar-refractivity contribution in [2.24, 2.45) is 0 Å². The first-order chi connectivity index (χ1) is 12.8. The Morgan fingerprint density at radius 3 is 1.58 bits per heavy atom. The Kier molecular flexibility index (Phi) is 4.95. The minimum Gasteiger partial charge on any atom is -0.0622 e. The molecule has 0 N–H and O–H groups in total. The maximum atomic E-state index is 2.36. The van der Waals surface area contributed by atoms with Crippen LogP contribution in [0.1, 0.15) is 5.56 Å². The van der Waals surface area contributed by atoms with Crippen molar-refractivity contribution in [3.05, 3.63) is 115 Å². The molecule has 0 fully saturated rings. The van der Waals surface area contributed by atoms with E-state index in [1.165, 1.54) is 32.6 Å². The average molecular weight is 352 g/mol. The summed E-state index contributed by atoms with van der Waals surface area (Å²) < 4.78 is 0. The van der Waals surface area contributed by atoms with E-state index < -0.39 is 7.92 Å². The third-order valence-electron chi connectivity index (χ3n) is 4.52. The Hall–Kier alpha value is -2.69. The highest BCUT2D eigenvalue weighted by Gasteiger charge is 2.16. The lowest BCUT2D eigenvalue weighted by Crippen LogP contribution is -2.20. The van der Waals surface area contributed by atoms with Crippen LogP contribution in [0.5, 0.6) is 0 Å². The second-order valence-corrected chi connectivity index (χ2v) is 8.64. The highest BCUT2D eigenvalue weighted by molar-refractivity contribution is 7.79. The smallest absolute Gasteiger partial charge is 0.0134 e. The van der Waals surface area contributed by atoms with Crippen LogP contribution in [-0.2, 0) is 0 Å². The van der Waals surface area contributed by atoms with Crippen molar-refractivity contribution in [1.82, 2.24) is 0 Å². The van der Waals surface area contributed by atoms with E-state index in [-0.39, 0.29) is 0 Å². The summed E-state index contributed by atoms with van der Waals surface area (Å²) >= 11 is 0. The van der Waals surface area contributed by atoms with Crippen molar-refractivity contribution in [2.45, 2.75) is 6.92 Å². The molecule has 0 spiro atoms. The minimum atomic E-state index is -0.559. The van der Waals surface area contributed by atoms with Gasteiger partial charge in [0.2, 0.25) is 0 Å². The van der Waals surface area contributed by atoms with Crippen LogP contribution in [0.3, 0.4) is 0 Å². The molecule has 4 aromatic rings. The van der Waals surface area contributed by atoms with Crippen LogP contribution < -0.4 is 15.9 Å². The minimum absolute atomic E-state index is 0.559. The van der Waals surface area contributed by atoms with Crippen LogP contribution in [0, 0.1) is 6.92 Å². The van der Waals surface area contributed by atoms with Crippen molar-refractivity contribution in [3.63, 3.8) is 0 Å². The molecule has 0 aliphatic heterocycles. The SMILES string of the molecule is Cc1ccc(-c2cccc(P(c3ccccc3)c3ccccc3)c2)cc1. The number of rotatable bonds is 4. The molecule has 0 aromatic heterocycles. The average Bonchev–Trinajstić information content (AvgIpc) is 2.71. The Balaban J connectivity index is 1.82. The van der Waals surface area contributed by atoms with Gasteiger partial charge in [-0.25, -0.2) is 0 Å². The molecule has 0 nitrogen and oxygen atoms in total. The number of aryl methyl sites for hydroxylation is 1. The largest absolute Gasteiger partial charge is 0.0622 e. The summed E-state index contributed by atoms with van der Waals surface area (Å²) in [5.41, 5.74) is 3.84. The van der Waals surface area contributed by atoms with Gasteiger partial charge >= 0.3 is 0 Å². The van der Waals surface area contributed by atoms with Crippen LogP contribution in [0.15, 0.2) is 109 Å². The topological polar surface area (TPSA) is 0 Å². The maximum absolute atomic E-state index is 2.36. The van der Waals surface area contributed by atoms with E-state index in [9.17, 15) is 0 Å². The van der Waals surface area contributed by atoms with Gasteiger partial charge in [0.25, 0.3) is 0 Å². The van der Waals surface area contributed by atoms with Gasteiger partial charge < -0.3 is 0 Å². The Morgan fingerprint density at radius 1 is 0.462 bits per heavy atom. The van der Waals surface area contributed by atoms with E-state index in [0.29, 0.717) is 0 Å². The third kappa shape index (κ3) is 3.62. The molecule has 4 aromatic carbocycles. The normalized spacial score (nSPS) is 10.8. The summed E-state index contributed by atoms with van der Waals surface area (Å²) in [5, 5.41) is 4.15. The molecule has 0 amide bonds. The molecule has 0 atom stereocenters. The number of hydrogen-bond donors (Lipinski definition) is 0. The Morgan fingerprint density at radius 2 is 1.00 bits per heavy atom. The van der Waals surface area contributed by atoms with Crippen LogP contribution in [-0.4, -0.2) is 0 Å². The summed E-state index contributed by atoms with van der Waals surface area (Å²) in [6, 6.07) is 39.5. The molecule has 1 heteroatoms. The summed E-state index contributed by atoms with van der Waals surface area (Å²) in [6.45, 7) is 2.13. The first kappa shape index (κ1) is 16.8. The van der Waals surface area contributed by atoms with Crippen LogP contribution >= 0.6 is 7.92 Å². The van der Waals surface area contributed by atoms with Crippen LogP contribution in [0.2, 0.25) is 0 Å². The van der Waals surface area contributed by atoms with Crippen molar-refractivity contribution in [2.75, 3.05) is 0 Å². The molecule has 4 rings (SSSR count). The highest BCUT2D eigenvalue weighted by Crippen LogP contribution is 2.34. The van der Waals surface area contributed by atoms with Gasteiger partial charge in [0.15, 0.2) is 0 Å². The van der Waals surface area contributed by atoms with Crippen molar-refractivity contribution in [1.29, 1.82) is 0 Å². The zero-order chi connectivity index (χ0) is 17.8. The summed E-state index contributed by atoms with van der Waals surface area (Å²) in [5.74, 6) is 0. The van der Waals surface area contributed by atoms with E-state index in [4.69, 9.17) is 0 Å². The van der Waals surface area contributed by atoms with Gasteiger partial charge in [0.05, 0.1) is 0 Å². The highest BCUT2D eigenvalue weighted by atomic mass is 31.1. The first-order valence-corrected chi connectivity index (χ1v) is 10.2. The molecular formula is C25H21P. The van der Waals surface area contributed by atoms with E-state index in [1.54, 1.807) is 0 Å². The fourth-order valence-corrected chi connectivity index (χ4v) is 5.51. The molecule has 0 aliphatic rings. The predicted octanol–water partition coefficient (Wildman–Crippen LogP) is 5.42. The molecule has 0 radical (unpaired) electrons. The second-order valence-electron chi connectivity index (χ2n) is 6.42. The van der Waals surface area contributed by atoms with Crippen molar-refractivity contribution < 1.29 is 0 Å². The third-order valence-corrected chi connectivity index (χ3v) is 6.94. The first-order valence-electron chi connectivity index (χ1n) is 8.88. The molecular weight excluding hydrogens is 331 g/mol. The molecule has 126 valence electrons. The summed E-state index contributed by atoms with van der Waals surface area (Å²) in [7, 11) is -0.559.